The van der Waals surface area contributed by atoms with Crippen molar-refractivity contribution in [2.24, 2.45) is 0 Å². The van der Waals surface area contributed by atoms with Gasteiger partial charge in [-0.25, -0.2) is 9.59 Å². The largest absolute Gasteiger partial charge is 0.462 e. The quantitative estimate of drug-likeness (QED) is 0.389. The van der Waals surface area contributed by atoms with Crippen molar-refractivity contribution >= 4 is 40.2 Å². The number of halogens is 2. The van der Waals surface area contributed by atoms with Crippen LogP contribution in [0.2, 0.25) is 0 Å². The Kier molecular flexibility index (Phi) is 7.73. The van der Waals surface area contributed by atoms with E-state index in [9.17, 15) is 28.0 Å². The van der Waals surface area contributed by atoms with Crippen LogP contribution < -0.4 is 15.4 Å². The Morgan fingerprint density at radius 3 is 2.43 bits per heavy atom. The van der Waals surface area contributed by atoms with Crippen molar-refractivity contribution in [1.29, 1.82) is 0 Å². The van der Waals surface area contributed by atoms with Gasteiger partial charge in [0.25, 0.3) is 5.91 Å². The summed E-state index contributed by atoms with van der Waals surface area (Å²) in [6.45, 7) is 3.56. The van der Waals surface area contributed by atoms with Crippen LogP contribution in [-0.4, -0.2) is 48.5 Å². The van der Waals surface area contributed by atoms with Crippen molar-refractivity contribution in [3.05, 3.63) is 46.3 Å². The van der Waals surface area contributed by atoms with E-state index < -0.39 is 42.5 Å². The molecule has 0 bridgehead atoms. The molecular formula is C23H25F2N3O6S. The molecule has 1 aliphatic rings. The predicted molar refractivity (Wildman–Crippen MR) is 124 cm³/mol. The first-order chi connectivity index (χ1) is 16.5. The molecule has 2 aromatic rings. The number of ether oxygens (including phenoxy) is 2. The van der Waals surface area contributed by atoms with Gasteiger partial charge in [-0.2, -0.15) is 8.78 Å². The van der Waals surface area contributed by atoms with Crippen molar-refractivity contribution in [2.75, 3.05) is 18.5 Å². The van der Waals surface area contributed by atoms with E-state index >= 15 is 0 Å². The zero-order valence-corrected chi connectivity index (χ0v) is 20.3. The number of thiophene rings is 1. The average molecular weight is 510 g/mol. The Bertz CT molecular complexity index is 1130. The molecule has 0 aliphatic carbocycles. The van der Waals surface area contributed by atoms with Crippen LogP contribution in [0.15, 0.2) is 30.3 Å². The first-order valence-electron chi connectivity index (χ1n) is 10.8. The Labute approximate surface area is 204 Å². The highest BCUT2D eigenvalue weighted by molar-refractivity contribution is 7.16. The molecular weight excluding hydrogens is 484 g/mol. The van der Waals surface area contributed by atoms with Crippen molar-refractivity contribution in [3.63, 3.8) is 0 Å². The molecule has 1 atom stereocenters. The van der Waals surface area contributed by atoms with Crippen LogP contribution in [0.5, 0.6) is 5.75 Å². The number of urea groups is 1. The van der Waals surface area contributed by atoms with Crippen molar-refractivity contribution in [3.8, 4) is 5.75 Å². The van der Waals surface area contributed by atoms with E-state index in [1.54, 1.807) is 13.0 Å². The third kappa shape index (κ3) is 5.59. The molecule has 0 saturated carbocycles. The predicted octanol–water partition coefficient (Wildman–Crippen LogP) is 4.06. The summed E-state index contributed by atoms with van der Waals surface area (Å²) < 4.78 is 34.1. The van der Waals surface area contributed by atoms with Gasteiger partial charge in [-0.05, 0) is 43.5 Å². The number of imide groups is 1. The molecule has 12 heteroatoms. The highest BCUT2D eigenvalue weighted by Crippen LogP contribution is 2.34. The van der Waals surface area contributed by atoms with Crippen LogP contribution in [0.3, 0.4) is 0 Å². The molecule has 35 heavy (non-hydrogen) atoms. The molecule has 0 radical (unpaired) electrons. The van der Waals surface area contributed by atoms with Gasteiger partial charge < -0.3 is 20.1 Å². The van der Waals surface area contributed by atoms with E-state index in [-0.39, 0.29) is 28.8 Å². The fraction of sp³-hybridized carbons (Fsp3) is 0.391. The van der Waals surface area contributed by atoms with Crippen LogP contribution in [0, 0.1) is 0 Å². The topological polar surface area (TPSA) is 114 Å². The van der Waals surface area contributed by atoms with Gasteiger partial charge in [-0.15, -0.1) is 11.3 Å². The summed E-state index contributed by atoms with van der Waals surface area (Å²) in [4.78, 5) is 52.3. The number of anilines is 1. The molecule has 3 rings (SSSR count). The number of hydrogen-bond donors (Lipinski definition) is 2. The maximum atomic E-state index is 13.1. The number of hydrogen-bond acceptors (Lipinski definition) is 7. The van der Waals surface area contributed by atoms with Gasteiger partial charge in [-0.1, -0.05) is 26.0 Å². The molecule has 0 spiro atoms. The third-order valence-electron chi connectivity index (χ3n) is 5.30. The lowest BCUT2D eigenvalue weighted by Crippen LogP contribution is -2.42. The smallest absolute Gasteiger partial charge is 0.387 e. The fourth-order valence-electron chi connectivity index (χ4n) is 3.46. The van der Waals surface area contributed by atoms with Crippen LogP contribution in [0.25, 0.3) is 0 Å². The second kappa shape index (κ2) is 10.4. The second-order valence-corrected chi connectivity index (χ2v) is 9.25. The minimum atomic E-state index is -3.00. The van der Waals surface area contributed by atoms with E-state index in [2.05, 4.69) is 15.4 Å². The number of carbonyl (C=O) groups is 4. The Balaban J connectivity index is 1.75. The minimum Gasteiger partial charge on any atom is -0.462 e. The molecule has 1 aromatic heterocycles. The maximum Gasteiger partial charge on any atom is 0.387 e. The molecule has 1 aliphatic heterocycles. The first-order valence-corrected chi connectivity index (χ1v) is 11.6. The van der Waals surface area contributed by atoms with Crippen molar-refractivity contribution < 1.29 is 37.4 Å². The molecule has 2 N–H and O–H groups in total. The summed E-state index contributed by atoms with van der Waals surface area (Å²) in [5, 5.41) is 5.41. The number of nitrogens with one attached hydrogen (secondary N) is 2. The molecule has 2 heterocycles. The van der Waals surface area contributed by atoms with Gasteiger partial charge in [0.1, 0.15) is 22.8 Å². The van der Waals surface area contributed by atoms with Crippen molar-refractivity contribution in [1.82, 2.24) is 10.2 Å². The number of esters is 1. The molecule has 1 aromatic carbocycles. The molecule has 1 fully saturated rings. The second-order valence-electron chi connectivity index (χ2n) is 8.16. The summed E-state index contributed by atoms with van der Waals surface area (Å²) in [6, 6.07) is 6.12. The number of alkyl halides is 2. The minimum absolute atomic E-state index is 0.1000. The molecule has 1 unspecified atom stereocenters. The van der Waals surface area contributed by atoms with Gasteiger partial charge in [0.15, 0.2) is 0 Å². The number of carbonyl (C=O) groups excluding carboxylic acids is 4. The number of rotatable bonds is 9. The molecule has 188 valence electrons. The van der Waals surface area contributed by atoms with Crippen LogP contribution >= 0.6 is 11.3 Å². The van der Waals surface area contributed by atoms with Crippen LogP contribution in [-0.2, 0) is 19.9 Å². The number of nitrogens with zero attached hydrogens (tertiary/aromatic N) is 1. The van der Waals surface area contributed by atoms with Crippen LogP contribution in [0.1, 0.15) is 54.4 Å². The lowest BCUT2D eigenvalue weighted by atomic mass is 9.92. The fourth-order valence-corrected chi connectivity index (χ4v) is 4.53. The van der Waals surface area contributed by atoms with E-state index in [1.807, 2.05) is 13.8 Å². The third-order valence-corrected chi connectivity index (χ3v) is 6.65. The van der Waals surface area contributed by atoms with E-state index in [0.717, 1.165) is 9.78 Å². The molecule has 1 saturated heterocycles. The van der Waals surface area contributed by atoms with E-state index in [4.69, 9.17) is 4.74 Å². The zero-order chi connectivity index (χ0) is 25.9. The Morgan fingerprint density at radius 2 is 1.86 bits per heavy atom. The first kappa shape index (κ1) is 26.1. The standard InChI is InChI=1S/C23H25F2N3O6S/c1-5-33-19(30)15-10-16(12(2)3)35-18(15)26-17(29)11-28-20(31)23(4,27-22(28)32)13-6-8-14(9-7-13)34-21(24)25/h6-10,12,21H,5,11H2,1-4H3,(H,26,29)(H,27,32). The SMILES string of the molecule is CCOC(=O)c1cc(C(C)C)sc1NC(=O)CN1C(=O)NC(C)(c2ccc(OC(F)F)cc2)C1=O. The monoisotopic (exact) mass is 509 g/mol. The van der Waals surface area contributed by atoms with Gasteiger partial charge in [0, 0.05) is 4.88 Å². The maximum absolute atomic E-state index is 13.1. The van der Waals surface area contributed by atoms with Crippen LogP contribution in [0.4, 0.5) is 18.6 Å². The van der Waals surface area contributed by atoms with Gasteiger partial charge in [-0.3, -0.25) is 14.5 Å². The normalized spacial score (nSPS) is 17.7. The lowest BCUT2D eigenvalue weighted by molar-refractivity contribution is -0.133. The number of benzene rings is 1. The summed E-state index contributed by atoms with van der Waals surface area (Å²) in [6.07, 6.45) is 0. The molecule has 9 nitrogen and oxygen atoms in total. The highest BCUT2D eigenvalue weighted by atomic mass is 32.1. The zero-order valence-electron chi connectivity index (χ0n) is 19.5. The lowest BCUT2D eigenvalue weighted by Gasteiger charge is -2.22. The average Bonchev–Trinajstić information content (AvgIpc) is 3.29. The summed E-state index contributed by atoms with van der Waals surface area (Å²) in [5.74, 6) is -1.97. The number of amides is 4. The summed E-state index contributed by atoms with van der Waals surface area (Å²) in [5.41, 5.74) is -0.989. The van der Waals surface area contributed by atoms with E-state index in [0.29, 0.717) is 5.56 Å². The van der Waals surface area contributed by atoms with Gasteiger partial charge in [0.2, 0.25) is 5.91 Å². The van der Waals surface area contributed by atoms with E-state index in [1.165, 1.54) is 42.5 Å². The van der Waals surface area contributed by atoms with Gasteiger partial charge >= 0.3 is 18.6 Å². The highest BCUT2D eigenvalue weighted by Gasteiger charge is 2.49. The van der Waals surface area contributed by atoms with Gasteiger partial charge in [0.05, 0.1) is 12.2 Å². The summed E-state index contributed by atoms with van der Waals surface area (Å²) in [7, 11) is 0. The van der Waals surface area contributed by atoms with Crippen molar-refractivity contribution in [2.45, 2.75) is 45.8 Å². The summed E-state index contributed by atoms with van der Waals surface area (Å²) >= 11 is 1.21. The Hall–Kier alpha value is -3.54. The Morgan fingerprint density at radius 1 is 1.20 bits per heavy atom. The molecule has 4 amide bonds.